The summed E-state index contributed by atoms with van der Waals surface area (Å²) in [4.78, 5) is 16.2. The van der Waals surface area contributed by atoms with Crippen LogP contribution in [0.1, 0.15) is 28.7 Å². The van der Waals surface area contributed by atoms with Crippen molar-refractivity contribution >= 4 is 5.91 Å². The number of ether oxygens (including phenoxy) is 1. The van der Waals surface area contributed by atoms with Gasteiger partial charge in [0.25, 0.3) is 5.91 Å². The first-order chi connectivity index (χ1) is 12.3. The summed E-state index contributed by atoms with van der Waals surface area (Å²) in [6.45, 7) is 3.30. The van der Waals surface area contributed by atoms with Gasteiger partial charge < -0.3 is 10.1 Å². The lowest BCUT2D eigenvalue weighted by molar-refractivity contribution is 0.0950. The van der Waals surface area contributed by atoms with Gasteiger partial charge in [0.1, 0.15) is 12.4 Å². The Kier molecular flexibility index (Phi) is 5.30. The molecule has 0 aliphatic rings. The molecule has 0 bridgehead atoms. The minimum absolute atomic E-state index is 0.166. The normalized spacial score (nSPS) is 10.4. The minimum atomic E-state index is -0.166. The van der Waals surface area contributed by atoms with Crippen LogP contribution in [-0.2, 0) is 19.7 Å². The molecule has 0 radical (unpaired) electrons. The van der Waals surface area contributed by atoms with Crippen LogP contribution < -0.4 is 10.1 Å². The van der Waals surface area contributed by atoms with Crippen LogP contribution in [0.5, 0.6) is 5.75 Å². The van der Waals surface area contributed by atoms with Crippen molar-refractivity contribution < 1.29 is 9.53 Å². The Hall–Kier alpha value is -3.29. The van der Waals surface area contributed by atoms with Gasteiger partial charge in [-0.15, -0.1) is 5.10 Å². The first kappa shape index (κ1) is 16.6. The van der Waals surface area contributed by atoms with E-state index in [4.69, 9.17) is 4.74 Å². The van der Waals surface area contributed by atoms with E-state index in [1.807, 2.05) is 19.1 Å². The Bertz CT molecular complexity index is 834. The number of carbonyl (C=O) groups is 1. The Balaban J connectivity index is 1.59. The van der Waals surface area contributed by atoms with Crippen molar-refractivity contribution in [2.75, 3.05) is 0 Å². The maximum atomic E-state index is 12.3. The SMILES string of the molecule is CCn1nnnc1COc1cccc(C(=O)NCc2ccncc2)c1. The van der Waals surface area contributed by atoms with E-state index >= 15 is 0 Å². The number of nitrogens with zero attached hydrogens (tertiary/aromatic N) is 5. The number of rotatable bonds is 7. The molecule has 0 saturated heterocycles. The summed E-state index contributed by atoms with van der Waals surface area (Å²) in [5.74, 6) is 1.05. The summed E-state index contributed by atoms with van der Waals surface area (Å²) in [6.07, 6.45) is 3.39. The average molecular weight is 338 g/mol. The summed E-state index contributed by atoms with van der Waals surface area (Å²) in [5.41, 5.74) is 1.52. The number of pyridine rings is 1. The monoisotopic (exact) mass is 338 g/mol. The first-order valence-electron chi connectivity index (χ1n) is 7.91. The highest BCUT2D eigenvalue weighted by Gasteiger charge is 2.09. The molecule has 0 atom stereocenters. The molecular formula is C17H18N6O2. The van der Waals surface area contributed by atoms with Crippen molar-refractivity contribution in [3.05, 3.63) is 65.7 Å². The number of amides is 1. The van der Waals surface area contributed by atoms with Gasteiger partial charge in [-0.2, -0.15) is 0 Å². The Labute approximate surface area is 144 Å². The van der Waals surface area contributed by atoms with Crippen molar-refractivity contribution in [1.82, 2.24) is 30.5 Å². The predicted molar refractivity (Wildman–Crippen MR) is 89.7 cm³/mol. The molecule has 8 nitrogen and oxygen atoms in total. The second-order valence-electron chi connectivity index (χ2n) is 5.27. The third kappa shape index (κ3) is 4.37. The molecular weight excluding hydrogens is 320 g/mol. The molecule has 1 amide bonds. The van der Waals surface area contributed by atoms with Crippen molar-refractivity contribution in [2.24, 2.45) is 0 Å². The fourth-order valence-corrected chi connectivity index (χ4v) is 2.23. The first-order valence-corrected chi connectivity index (χ1v) is 7.91. The van der Waals surface area contributed by atoms with E-state index in [9.17, 15) is 4.79 Å². The molecule has 3 aromatic rings. The summed E-state index contributed by atoms with van der Waals surface area (Å²) in [6, 6.07) is 10.7. The van der Waals surface area contributed by atoms with Crippen LogP contribution in [0.15, 0.2) is 48.8 Å². The molecule has 3 rings (SSSR count). The fourth-order valence-electron chi connectivity index (χ4n) is 2.23. The Morgan fingerprint density at radius 3 is 2.88 bits per heavy atom. The van der Waals surface area contributed by atoms with Crippen LogP contribution in [-0.4, -0.2) is 31.1 Å². The Morgan fingerprint density at radius 1 is 1.24 bits per heavy atom. The van der Waals surface area contributed by atoms with Crippen LogP contribution in [0.2, 0.25) is 0 Å². The highest BCUT2D eigenvalue weighted by atomic mass is 16.5. The second kappa shape index (κ2) is 8.00. The molecule has 1 N–H and O–H groups in total. The van der Waals surface area contributed by atoms with Crippen molar-refractivity contribution in [3.8, 4) is 5.75 Å². The maximum absolute atomic E-state index is 12.3. The summed E-state index contributed by atoms with van der Waals surface area (Å²) >= 11 is 0. The summed E-state index contributed by atoms with van der Waals surface area (Å²) in [7, 11) is 0. The molecule has 1 aromatic carbocycles. The number of hydrogen-bond donors (Lipinski definition) is 1. The van der Waals surface area contributed by atoms with Gasteiger partial charge in [-0.05, 0) is 53.2 Å². The maximum Gasteiger partial charge on any atom is 0.251 e. The lowest BCUT2D eigenvalue weighted by atomic mass is 10.2. The van der Waals surface area contributed by atoms with Gasteiger partial charge in [0.05, 0.1) is 0 Å². The van der Waals surface area contributed by atoms with Crippen molar-refractivity contribution in [3.63, 3.8) is 0 Å². The van der Waals surface area contributed by atoms with E-state index < -0.39 is 0 Å². The van der Waals surface area contributed by atoms with E-state index in [1.165, 1.54) is 0 Å². The van der Waals surface area contributed by atoms with Gasteiger partial charge in [0.15, 0.2) is 5.82 Å². The van der Waals surface area contributed by atoms with Crippen LogP contribution >= 0.6 is 0 Å². The molecule has 0 aliphatic carbocycles. The van der Waals surface area contributed by atoms with E-state index in [1.54, 1.807) is 41.3 Å². The van der Waals surface area contributed by atoms with Crippen LogP contribution in [0.4, 0.5) is 0 Å². The van der Waals surface area contributed by atoms with Gasteiger partial charge in [-0.3, -0.25) is 9.78 Å². The van der Waals surface area contributed by atoms with Crippen molar-refractivity contribution in [2.45, 2.75) is 26.6 Å². The van der Waals surface area contributed by atoms with E-state index in [2.05, 4.69) is 25.8 Å². The zero-order valence-corrected chi connectivity index (χ0v) is 13.8. The number of hydrogen-bond acceptors (Lipinski definition) is 6. The smallest absolute Gasteiger partial charge is 0.251 e. The Morgan fingerprint density at radius 2 is 2.08 bits per heavy atom. The van der Waals surface area contributed by atoms with Gasteiger partial charge in [-0.1, -0.05) is 6.07 Å². The molecule has 0 spiro atoms. The number of aryl methyl sites for hydroxylation is 1. The molecule has 25 heavy (non-hydrogen) atoms. The largest absolute Gasteiger partial charge is 0.486 e. The van der Waals surface area contributed by atoms with Crippen LogP contribution in [0.25, 0.3) is 0 Å². The molecule has 2 aromatic heterocycles. The number of tetrazole rings is 1. The molecule has 0 fully saturated rings. The van der Waals surface area contributed by atoms with E-state index in [0.29, 0.717) is 30.2 Å². The minimum Gasteiger partial charge on any atom is -0.486 e. The summed E-state index contributed by atoms with van der Waals surface area (Å²) < 4.78 is 7.35. The quantitative estimate of drug-likeness (QED) is 0.703. The molecule has 0 unspecified atom stereocenters. The van der Waals surface area contributed by atoms with Gasteiger partial charge in [-0.25, -0.2) is 4.68 Å². The molecule has 128 valence electrons. The van der Waals surface area contributed by atoms with Crippen LogP contribution in [0, 0.1) is 0 Å². The highest BCUT2D eigenvalue weighted by molar-refractivity contribution is 5.94. The standard InChI is InChI=1S/C17H18N6O2/c1-2-23-16(20-21-22-23)12-25-15-5-3-4-14(10-15)17(24)19-11-13-6-8-18-9-7-13/h3-10H,2,11-12H2,1H3,(H,19,24). The average Bonchev–Trinajstić information content (AvgIpc) is 3.13. The number of aromatic nitrogens is 5. The van der Waals surface area contributed by atoms with Crippen molar-refractivity contribution in [1.29, 1.82) is 0 Å². The third-order valence-electron chi connectivity index (χ3n) is 3.57. The number of benzene rings is 1. The van der Waals surface area contributed by atoms with E-state index in [0.717, 1.165) is 5.56 Å². The predicted octanol–water partition coefficient (Wildman–Crippen LogP) is 1.60. The van der Waals surface area contributed by atoms with E-state index in [-0.39, 0.29) is 12.5 Å². The van der Waals surface area contributed by atoms with Gasteiger partial charge >= 0.3 is 0 Å². The fraction of sp³-hybridized carbons (Fsp3) is 0.235. The molecule has 0 saturated carbocycles. The lowest BCUT2D eigenvalue weighted by Crippen LogP contribution is -2.22. The van der Waals surface area contributed by atoms with Gasteiger partial charge in [0, 0.05) is 31.0 Å². The zero-order valence-electron chi connectivity index (χ0n) is 13.8. The zero-order chi connectivity index (χ0) is 17.5. The third-order valence-corrected chi connectivity index (χ3v) is 3.57. The highest BCUT2D eigenvalue weighted by Crippen LogP contribution is 2.15. The molecule has 8 heteroatoms. The lowest BCUT2D eigenvalue weighted by Gasteiger charge is -2.08. The second-order valence-corrected chi connectivity index (χ2v) is 5.27. The number of carbonyl (C=O) groups excluding carboxylic acids is 1. The molecule has 0 aliphatic heterocycles. The van der Waals surface area contributed by atoms with Gasteiger partial charge in [0.2, 0.25) is 0 Å². The molecule has 2 heterocycles. The number of nitrogens with one attached hydrogen (secondary N) is 1. The summed E-state index contributed by atoms with van der Waals surface area (Å²) in [5, 5.41) is 14.3. The van der Waals surface area contributed by atoms with Crippen LogP contribution in [0.3, 0.4) is 0 Å². The topological polar surface area (TPSA) is 94.8 Å².